The molecule has 0 saturated heterocycles. The summed E-state index contributed by atoms with van der Waals surface area (Å²) in [6.07, 6.45) is 3.01. The second-order valence-corrected chi connectivity index (χ2v) is 3.89. The predicted octanol–water partition coefficient (Wildman–Crippen LogP) is 1.60. The number of hydrogen-bond donors (Lipinski definition) is 2. The van der Waals surface area contributed by atoms with Crippen molar-refractivity contribution in [3.63, 3.8) is 0 Å². The standard InChI is InChI=1S/C9H17BrO3/c1-2-9(12,13)8(11)6-4-3-5-7-10/h12-13H,2-7H2,1H3. The first-order chi connectivity index (χ1) is 6.04. The average molecular weight is 253 g/mol. The third-order valence-electron chi connectivity index (χ3n) is 1.98. The maximum absolute atomic E-state index is 11.1. The minimum atomic E-state index is -2.10. The maximum Gasteiger partial charge on any atom is 0.223 e. The molecule has 0 atom stereocenters. The molecular weight excluding hydrogens is 236 g/mol. The van der Waals surface area contributed by atoms with Crippen molar-refractivity contribution in [1.82, 2.24) is 0 Å². The van der Waals surface area contributed by atoms with Gasteiger partial charge in [0.2, 0.25) is 5.79 Å². The Kier molecular flexibility index (Phi) is 6.55. The Morgan fingerprint density at radius 1 is 1.31 bits per heavy atom. The number of Topliss-reactive ketones (excluding diaryl/α,β-unsaturated/α-hetero) is 1. The summed E-state index contributed by atoms with van der Waals surface area (Å²) in [4.78, 5) is 11.1. The minimum Gasteiger partial charge on any atom is -0.360 e. The first kappa shape index (κ1) is 13.1. The summed E-state index contributed by atoms with van der Waals surface area (Å²) in [6.45, 7) is 1.58. The SMILES string of the molecule is CCC(O)(O)C(=O)CCCCCBr. The van der Waals surface area contributed by atoms with E-state index >= 15 is 0 Å². The molecule has 0 radical (unpaired) electrons. The van der Waals surface area contributed by atoms with Crippen LogP contribution in [0.4, 0.5) is 0 Å². The van der Waals surface area contributed by atoms with Gasteiger partial charge < -0.3 is 10.2 Å². The van der Waals surface area contributed by atoms with E-state index < -0.39 is 11.6 Å². The Hall–Kier alpha value is 0.0700. The first-order valence-electron chi connectivity index (χ1n) is 4.58. The van der Waals surface area contributed by atoms with E-state index in [1.165, 1.54) is 0 Å². The van der Waals surface area contributed by atoms with Gasteiger partial charge in [0.05, 0.1) is 0 Å². The van der Waals surface area contributed by atoms with Crippen LogP contribution in [0.1, 0.15) is 39.0 Å². The Morgan fingerprint density at radius 3 is 2.38 bits per heavy atom. The van der Waals surface area contributed by atoms with E-state index in [4.69, 9.17) is 10.2 Å². The highest BCUT2D eigenvalue weighted by atomic mass is 79.9. The number of unbranched alkanes of at least 4 members (excludes halogenated alkanes) is 2. The molecule has 0 aliphatic rings. The van der Waals surface area contributed by atoms with Crippen LogP contribution >= 0.6 is 15.9 Å². The molecule has 0 unspecified atom stereocenters. The van der Waals surface area contributed by atoms with E-state index in [0.717, 1.165) is 24.6 Å². The number of rotatable bonds is 7. The van der Waals surface area contributed by atoms with Crippen molar-refractivity contribution in [3.05, 3.63) is 0 Å². The molecule has 0 amide bonds. The predicted molar refractivity (Wildman–Crippen MR) is 54.7 cm³/mol. The molecule has 2 N–H and O–H groups in total. The molecule has 0 fully saturated rings. The van der Waals surface area contributed by atoms with Gasteiger partial charge in [-0.1, -0.05) is 29.3 Å². The zero-order valence-electron chi connectivity index (χ0n) is 7.92. The van der Waals surface area contributed by atoms with Crippen molar-refractivity contribution < 1.29 is 15.0 Å². The molecule has 3 nitrogen and oxygen atoms in total. The third kappa shape index (κ3) is 5.39. The molecule has 4 heteroatoms. The lowest BCUT2D eigenvalue weighted by Crippen LogP contribution is -2.37. The van der Waals surface area contributed by atoms with Gasteiger partial charge in [-0.05, 0) is 12.8 Å². The largest absolute Gasteiger partial charge is 0.360 e. The highest BCUT2D eigenvalue weighted by molar-refractivity contribution is 9.09. The van der Waals surface area contributed by atoms with Crippen LogP contribution in [0.15, 0.2) is 0 Å². The van der Waals surface area contributed by atoms with Gasteiger partial charge in [0.1, 0.15) is 0 Å². The van der Waals surface area contributed by atoms with Crippen molar-refractivity contribution in [2.45, 2.75) is 44.8 Å². The summed E-state index contributed by atoms with van der Waals surface area (Å²) in [5.41, 5.74) is 0. The van der Waals surface area contributed by atoms with Gasteiger partial charge in [0.15, 0.2) is 5.78 Å². The van der Waals surface area contributed by atoms with E-state index in [-0.39, 0.29) is 12.8 Å². The van der Waals surface area contributed by atoms with Crippen molar-refractivity contribution in [1.29, 1.82) is 0 Å². The Morgan fingerprint density at radius 2 is 1.92 bits per heavy atom. The van der Waals surface area contributed by atoms with Gasteiger partial charge in [0, 0.05) is 18.2 Å². The van der Waals surface area contributed by atoms with Crippen LogP contribution in [-0.2, 0) is 4.79 Å². The van der Waals surface area contributed by atoms with Gasteiger partial charge in [0.25, 0.3) is 0 Å². The number of hydrogen-bond acceptors (Lipinski definition) is 3. The minimum absolute atomic E-state index is 0.0598. The van der Waals surface area contributed by atoms with E-state index in [9.17, 15) is 4.79 Å². The van der Waals surface area contributed by atoms with Gasteiger partial charge in [-0.25, -0.2) is 0 Å². The molecule has 0 aromatic rings. The lowest BCUT2D eigenvalue weighted by molar-refractivity contribution is -0.183. The van der Waals surface area contributed by atoms with Crippen molar-refractivity contribution in [2.24, 2.45) is 0 Å². The molecule has 0 bridgehead atoms. The summed E-state index contributed by atoms with van der Waals surface area (Å²) in [5.74, 6) is -2.57. The average Bonchev–Trinajstić information content (AvgIpc) is 2.12. The molecule has 78 valence electrons. The first-order valence-corrected chi connectivity index (χ1v) is 5.70. The van der Waals surface area contributed by atoms with Crippen LogP contribution in [0, 0.1) is 0 Å². The summed E-state index contributed by atoms with van der Waals surface area (Å²) < 4.78 is 0. The monoisotopic (exact) mass is 252 g/mol. The molecule has 0 aliphatic heterocycles. The van der Waals surface area contributed by atoms with E-state index in [1.54, 1.807) is 6.92 Å². The lowest BCUT2D eigenvalue weighted by Gasteiger charge is -2.17. The molecule has 13 heavy (non-hydrogen) atoms. The van der Waals surface area contributed by atoms with E-state index in [1.807, 2.05) is 0 Å². The Balaban J connectivity index is 3.62. The second-order valence-electron chi connectivity index (χ2n) is 3.09. The summed E-state index contributed by atoms with van der Waals surface area (Å²) >= 11 is 3.29. The van der Waals surface area contributed by atoms with Gasteiger partial charge in [-0.3, -0.25) is 4.79 Å². The topological polar surface area (TPSA) is 57.5 Å². The maximum atomic E-state index is 11.1. The summed E-state index contributed by atoms with van der Waals surface area (Å²) in [5, 5.41) is 19.2. The van der Waals surface area contributed by atoms with Crippen molar-refractivity contribution in [3.8, 4) is 0 Å². The third-order valence-corrected chi connectivity index (χ3v) is 2.54. The smallest absolute Gasteiger partial charge is 0.223 e. The van der Waals surface area contributed by atoms with Crippen LogP contribution in [0.5, 0.6) is 0 Å². The van der Waals surface area contributed by atoms with Crippen molar-refractivity contribution >= 4 is 21.7 Å². The number of aliphatic hydroxyl groups is 2. The van der Waals surface area contributed by atoms with Crippen molar-refractivity contribution in [2.75, 3.05) is 5.33 Å². The van der Waals surface area contributed by atoms with Gasteiger partial charge in [-0.15, -0.1) is 0 Å². The molecule has 0 aromatic carbocycles. The quantitative estimate of drug-likeness (QED) is 0.411. The summed E-state index contributed by atoms with van der Waals surface area (Å²) in [6, 6.07) is 0. The van der Waals surface area contributed by atoms with Gasteiger partial charge in [-0.2, -0.15) is 0 Å². The van der Waals surface area contributed by atoms with Gasteiger partial charge >= 0.3 is 0 Å². The molecule has 0 rings (SSSR count). The number of alkyl halides is 1. The fourth-order valence-corrected chi connectivity index (χ4v) is 1.35. The zero-order valence-corrected chi connectivity index (χ0v) is 9.51. The normalized spacial score (nSPS) is 11.7. The number of halogens is 1. The van der Waals surface area contributed by atoms with E-state index in [0.29, 0.717) is 0 Å². The Labute approximate surface area is 87.3 Å². The second kappa shape index (κ2) is 6.51. The highest BCUT2D eigenvalue weighted by Gasteiger charge is 2.29. The fourth-order valence-electron chi connectivity index (χ4n) is 0.954. The number of carbonyl (C=O) groups excluding carboxylic acids is 1. The van der Waals surface area contributed by atoms with Crippen LogP contribution in [0.3, 0.4) is 0 Å². The molecule has 0 spiro atoms. The van der Waals surface area contributed by atoms with E-state index in [2.05, 4.69) is 15.9 Å². The molecular formula is C9H17BrO3. The van der Waals surface area contributed by atoms with Crippen LogP contribution in [-0.4, -0.2) is 27.1 Å². The van der Waals surface area contributed by atoms with Crippen LogP contribution in [0.2, 0.25) is 0 Å². The van der Waals surface area contributed by atoms with Crippen LogP contribution < -0.4 is 0 Å². The fraction of sp³-hybridized carbons (Fsp3) is 0.889. The zero-order chi connectivity index (χ0) is 10.3. The number of carbonyl (C=O) groups is 1. The molecule has 0 saturated carbocycles. The molecule has 0 heterocycles. The number of ketones is 1. The highest BCUT2D eigenvalue weighted by Crippen LogP contribution is 2.12. The van der Waals surface area contributed by atoms with Crippen LogP contribution in [0.25, 0.3) is 0 Å². The molecule has 0 aromatic heterocycles. The Bertz CT molecular complexity index is 157. The summed E-state index contributed by atoms with van der Waals surface area (Å²) in [7, 11) is 0. The lowest BCUT2D eigenvalue weighted by atomic mass is 10.0. The molecule has 0 aliphatic carbocycles.